The van der Waals surface area contributed by atoms with Gasteiger partial charge in [0.1, 0.15) is 0 Å². The van der Waals surface area contributed by atoms with Crippen molar-refractivity contribution in [3.8, 4) is 0 Å². The minimum absolute atomic E-state index is 0.0256. The molecule has 95 heavy (non-hydrogen) atoms. The average molecular weight is 1250 g/mol. The highest BCUT2D eigenvalue weighted by atomic mass is 15.2. The predicted octanol–water partition coefficient (Wildman–Crippen LogP) is 23.4. The number of para-hydroxylation sites is 1. The lowest BCUT2D eigenvalue weighted by Crippen LogP contribution is -2.61. The van der Waals surface area contributed by atoms with Crippen molar-refractivity contribution in [2.24, 2.45) is 7.05 Å². The van der Waals surface area contributed by atoms with Crippen LogP contribution in [0.5, 0.6) is 0 Å². The van der Waals surface area contributed by atoms with Crippen molar-refractivity contribution < 1.29 is 0 Å². The fourth-order valence-electron chi connectivity index (χ4n) is 14.6. The number of hydrogen-bond acceptors (Lipinski definition) is 4. The first-order chi connectivity index (χ1) is 44.4. The van der Waals surface area contributed by atoms with Crippen LogP contribution in [0.4, 0.5) is 68.2 Å². The SMILES string of the molecule is Cn1c2ccccc2c2c(N(c3ccc(C(C)(C)C)cc3)c3ccc(C(C)(C)C)cc3)cc(N3c4ccc(C(C)(C)C)cc4B4c5cc(C(C)(C)C)ccc5N(c5ccc(C(C)(C)C)cc5)c5cc(N(c6ccc(C(C)(C)C)cc6)c6ccc(C(C)(C)C)cc6)cc3c54)cc21. The Morgan fingerprint density at radius 3 is 1.00 bits per heavy atom. The van der Waals surface area contributed by atoms with Crippen LogP contribution in [-0.4, -0.2) is 11.3 Å². The molecule has 0 spiro atoms. The van der Waals surface area contributed by atoms with Crippen LogP contribution in [0, 0.1) is 0 Å². The van der Waals surface area contributed by atoms with Gasteiger partial charge in [-0.2, -0.15) is 0 Å². The van der Waals surface area contributed by atoms with Crippen LogP contribution < -0.4 is 36.0 Å². The molecule has 3 heterocycles. The summed E-state index contributed by atoms with van der Waals surface area (Å²) >= 11 is 0. The van der Waals surface area contributed by atoms with Gasteiger partial charge in [-0.25, -0.2) is 0 Å². The van der Waals surface area contributed by atoms with Crippen LogP contribution in [0.3, 0.4) is 0 Å². The maximum atomic E-state index is 2.66. The molecule has 0 radical (unpaired) electrons. The molecule has 0 aliphatic carbocycles. The van der Waals surface area contributed by atoms with Crippen LogP contribution in [0.15, 0.2) is 206 Å². The van der Waals surface area contributed by atoms with Gasteiger partial charge in [-0.3, -0.25) is 0 Å². The molecule has 0 bridgehead atoms. The fourth-order valence-corrected chi connectivity index (χ4v) is 14.6. The monoisotopic (exact) mass is 1250 g/mol. The number of aromatic nitrogens is 1. The molecule has 0 amide bonds. The van der Waals surface area contributed by atoms with E-state index < -0.39 is 0 Å². The van der Waals surface area contributed by atoms with E-state index in [2.05, 4.69) is 383 Å². The maximum absolute atomic E-state index is 2.66. The third-order valence-corrected chi connectivity index (χ3v) is 20.5. The largest absolute Gasteiger partial charge is 0.343 e. The summed E-state index contributed by atoms with van der Waals surface area (Å²) in [6.07, 6.45) is 0. The number of anilines is 12. The summed E-state index contributed by atoms with van der Waals surface area (Å²) in [6, 6.07) is 80.9. The molecule has 0 saturated carbocycles. The lowest BCUT2D eigenvalue weighted by Gasteiger charge is -2.46. The van der Waals surface area contributed by atoms with Crippen LogP contribution in [-0.2, 0) is 45.0 Å². The smallest absolute Gasteiger partial charge is 0.252 e. The number of aryl methyl sites for hydroxylation is 1. The first-order valence-electron chi connectivity index (χ1n) is 34.7. The summed E-state index contributed by atoms with van der Waals surface area (Å²) < 4.78 is 2.43. The molecule has 0 atom stereocenters. The van der Waals surface area contributed by atoms with Gasteiger partial charge in [0, 0.05) is 74.5 Å². The third kappa shape index (κ3) is 11.8. The molecule has 6 heteroatoms. The first-order valence-corrected chi connectivity index (χ1v) is 34.7. The van der Waals surface area contributed by atoms with E-state index in [-0.39, 0.29) is 44.6 Å². The van der Waals surface area contributed by atoms with E-state index in [9.17, 15) is 0 Å². The Morgan fingerprint density at radius 1 is 0.284 bits per heavy atom. The van der Waals surface area contributed by atoms with Gasteiger partial charge >= 0.3 is 0 Å². The van der Waals surface area contributed by atoms with E-state index >= 15 is 0 Å². The Kier molecular flexibility index (Phi) is 15.5. The molecule has 0 N–H and O–H groups in total. The van der Waals surface area contributed by atoms with Crippen LogP contribution in [0.25, 0.3) is 21.8 Å². The quantitative estimate of drug-likeness (QED) is 0.141. The highest BCUT2D eigenvalue weighted by Crippen LogP contribution is 2.53. The summed E-state index contributed by atoms with van der Waals surface area (Å²) in [5, 5.41) is 2.42. The van der Waals surface area contributed by atoms with Crippen molar-refractivity contribution in [2.45, 2.75) is 183 Å². The highest BCUT2D eigenvalue weighted by molar-refractivity contribution is 7.00. The summed E-state index contributed by atoms with van der Waals surface area (Å²) in [4.78, 5) is 10.3. The number of benzene rings is 10. The van der Waals surface area contributed by atoms with Crippen LogP contribution in [0.2, 0.25) is 0 Å². The van der Waals surface area contributed by atoms with E-state index in [1.807, 2.05) is 0 Å². The van der Waals surface area contributed by atoms with Crippen molar-refractivity contribution in [1.29, 1.82) is 0 Å². The zero-order valence-corrected chi connectivity index (χ0v) is 60.9. The molecule has 484 valence electrons. The standard InChI is InChI=1S/C89H100BN5/c1-83(2,3)57-27-39-64(40-28-57)92(65-41-29-58(30-42-65)84(4,5)6)69-55-79-82-80(56-69)95(76-50-38-63(89(19,20)21)52-73(76)90(82)72-51-62(88(16,17)18)37-49-75(72)94(79)68-47-35-61(36-48-68)87(13,14)15)70-53-77-81(71-25-23-24-26-74(71)91(77)22)78(54-70)93(66-43-31-59(32-44-66)85(7,8)9)67-45-33-60(34-46-67)86(10,11)12/h23-56H,1-22H3. The zero-order chi connectivity index (χ0) is 68.0. The molecule has 1 aromatic heterocycles. The van der Waals surface area contributed by atoms with E-state index in [0.29, 0.717) is 0 Å². The lowest BCUT2D eigenvalue weighted by molar-refractivity contribution is 0.590. The van der Waals surface area contributed by atoms with Crippen molar-refractivity contribution in [3.05, 3.63) is 245 Å². The molecule has 0 fully saturated rings. The third-order valence-electron chi connectivity index (χ3n) is 20.5. The van der Waals surface area contributed by atoms with E-state index in [4.69, 9.17) is 0 Å². The molecule has 2 aliphatic heterocycles. The Bertz CT molecular complexity index is 4610. The summed E-state index contributed by atoms with van der Waals surface area (Å²) in [6.45, 7) is 48.7. The van der Waals surface area contributed by atoms with Gasteiger partial charge in [-0.1, -0.05) is 249 Å². The van der Waals surface area contributed by atoms with Gasteiger partial charge in [0.25, 0.3) is 6.71 Å². The van der Waals surface area contributed by atoms with Gasteiger partial charge in [0.05, 0.1) is 22.6 Å². The molecule has 10 aromatic carbocycles. The topological polar surface area (TPSA) is 17.9 Å². The molecule has 5 nitrogen and oxygen atoms in total. The average Bonchev–Trinajstić information content (AvgIpc) is 0.960. The molecule has 13 rings (SSSR count). The summed E-state index contributed by atoms with van der Waals surface area (Å²) in [5.41, 5.74) is 28.4. The molecule has 0 saturated heterocycles. The van der Waals surface area contributed by atoms with Gasteiger partial charge in [0.15, 0.2) is 0 Å². The highest BCUT2D eigenvalue weighted by Gasteiger charge is 2.46. The van der Waals surface area contributed by atoms with Gasteiger partial charge < -0.3 is 24.2 Å². The minimum Gasteiger partial charge on any atom is -0.343 e. The Morgan fingerprint density at radius 2 is 0.621 bits per heavy atom. The second-order valence-electron chi connectivity index (χ2n) is 34.6. The number of rotatable bonds is 8. The zero-order valence-electron chi connectivity index (χ0n) is 60.9. The van der Waals surface area contributed by atoms with Gasteiger partial charge in [-0.15, -0.1) is 0 Å². The number of nitrogens with zero attached hydrogens (tertiary/aromatic N) is 5. The molecule has 0 unspecified atom stereocenters. The summed E-state index contributed by atoms with van der Waals surface area (Å²) in [5.74, 6) is 0. The van der Waals surface area contributed by atoms with Crippen molar-refractivity contribution in [3.63, 3.8) is 0 Å². The van der Waals surface area contributed by atoms with Crippen LogP contribution in [0.1, 0.15) is 184 Å². The number of hydrogen-bond donors (Lipinski definition) is 0. The number of fused-ring (bicyclic) bond motifs is 7. The van der Waals surface area contributed by atoms with Crippen molar-refractivity contribution in [1.82, 2.24) is 4.57 Å². The molecular formula is C89H100BN5. The first kappa shape index (κ1) is 64.9. The van der Waals surface area contributed by atoms with Gasteiger partial charge in [0.2, 0.25) is 0 Å². The molecule has 2 aliphatic rings. The molecule has 11 aromatic rings. The van der Waals surface area contributed by atoms with E-state index in [1.165, 1.54) is 83.0 Å². The Hall–Kier alpha value is -8.74. The fraction of sp³-hybridized carbons (Fsp3) is 0.326. The minimum atomic E-state index is -0.134. The normalized spacial score (nSPS) is 13.7. The summed E-state index contributed by atoms with van der Waals surface area (Å²) in [7, 11) is 2.26. The Labute approximate surface area is 569 Å². The maximum Gasteiger partial charge on any atom is 0.252 e. The Balaban J connectivity index is 1.19. The van der Waals surface area contributed by atoms with E-state index in [1.54, 1.807) is 0 Å². The molecular weight excluding hydrogens is 1150 g/mol. The van der Waals surface area contributed by atoms with Crippen LogP contribution >= 0.6 is 0 Å². The lowest BCUT2D eigenvalue weighted by atomic mass is 9.33. The second kappa shape index (κ2) is 22.7. The predicted molar refractivity (Wildman–Crippen MR) is 415 cm³/mol. The van der Waals surface area contributed by atoms with Crippen molar-refractivity contribution >= 4 is 113 Å². The van der Waals surface area contributed by atoms with Gasteiger partial charge in [-0.05, 0) is 196 Å². The van der Waals surface area contributed by atoms with Crippen molar-refractivity contribution in [2.75, 3.05) is 19.6 Å². The van der Waals surface area contributed by atoms with E-state index in [0.717, 1.165) is 62.4 Å². The second-order valence-corrected chi connectivity index (χ2v) is 34.6.